The number of aryl methyl sites for hydroxylation is 1. The topological polar surface area (TPSA) is 66.4 Å². The molecule has 7 heteroatoms. The van der Waals surface area contributed by atoms with Gasteiger partial charge in [-0.3, -0.25) is 0 Å². The van der Waals surface area contributed by atoms with Crippen LogP contribution in [-0.2, 0) is 16.4 Å². The molecule has 2 N–H and O–H groups in total. The zero-order chi connectivity index (χ0) is 13.8. The summed E-state index contributed by atoms with van der Waals surface area (Å²) in [6.07, 6.45) is -4.21. The van der Waals surface area contributed by atoms with E-state index >= 15 is 0 Å². The second-order valence-corrected chi connectivity index (χ2v) is 5.52. The predicted molar refractivity (Wildman–Crippen MR) is 63.0 cm³/mol. The summed E-state index contributed by atoms with van der Waals surface area (Å²) in [5.74, 6) is 0. The van der Waals surface area contributed by atoms with Crippen LogP contribution in [0, 0.1) is 0 Å². The summed E-state index contributed by atoms with van der Waals surface area (Å²) in [5.41, 5.74) is 0.974. The number of alkyl halides is 2. The normalized spacial score (nSPS) is 13.8. The summed E-state index contributed by atoms with van der Waals surface area (Å²) < 4.78 is 49.4. The summed E-state index contributed by atoms with van der Waals surface area (Å²) in [6.45, 7) is 1.22. The molecule has 1 rings (SSSR count). The minimum Gasteiger partial charge on any atom is -0.386 e. The molecule has 102 valence electrons. The Morgan fingerprint density at radius 2 is 1.83 bits per heavy atom. The molecule has 18 heavy (non-hydrogen) atoms. The van der Waals surface area contributed by atoms with E-state index in [1.807, 2.05) is 11.6 Å². The van der Waals surface area contributed by atoms with Crippen molar-refractivity contribution < 1.29 is 22.3 Å². The molecule has 0 amide bonds. The van der Waals surface area contributed by atoms with Crippen LogP contribution in [0.3, 0.4) is 0 Å². The monoisotopic (exact) mass is 279 g/mol. The first-order valence-electron chi connectivity index (χ1n) is 5.41. The first-order chi connectivity index (χ1) is 8.36. The maximum absolute atomic E-state index is 12.0. The number of hydrogen-bond donors (Lipinski definition) is 2. The van der Waals surface area contributed by atoms with E-state index in [0.717, 1.165) is 12.0 Å². The smallest absolute Gasteiger partial charge is 0.265 e. The van der Waals surface area contributed by atoms with Gasteiger partial charge in [-0.2, -0.15) is 0 Å². The zero-order valence-corrected chi connectivity index (χ0v) is 10.6. The van der Waals surface area contributed by atoms with Crippen molar-refractivity contribution in [1.29, 1.82) is 0 Å². The molecule has 0 radical (unpaired) electrons. The summed E-state index contributed by atoms with van der Waals surface area (Å²) in [5, 5.41) is 8.84. The Balaban J connectivity index is 2.73. The Hall–Kier alpha value is -1.05. The zero-order valence-electron chi connectivity index (χ0n) is 9.81. The Bertz CT molecular complexity index is 474. The van der Waals surface area contributed by atoms with E-state index in [1.54, 1.807) is 12.1 Å². The van der Waals surface area contributed by atoms with Crippen molar-refractivity contribution in [2.75, 3.05) is 6.54 Å². The minimum atomic E-state index is -3.86. The minimum absolute atomic E-state index is 0.0128. The molecule has 4 nitrogen and oxygen atoms in total. The lowest BCUT2D eigenvalue weighted by molar-refractivity contribution is -0.000451. The van der Waals surface area contributed by atoms with Crippen LogP contribution < -0.4 is 4.72 Å². The van der Waals surface area contributed by atoms with Crippen LogP contribution in [0.5, 0.6) is 0 Å². The summed E-state index contributed by atoms with van der Waals surface area (Å²) in [6, 6.07) is 6.10. The molecule has 0 saturated carbocycles. The maximum Gasteiger partial charge on any atom is 0.265 e. The Labute approximate surface area is 105 Å². The lowest BCUT2D eigenvalue weighted by atomic mass is 10.2. The van der Waals surface area contributed by atoms with Gasteiger partial charge in [0, 0.05) is 6.54 Å². The lowest BCUT2D eigenvalue weighted by Gasteiger charge is -2.11. The molecule has 0 aliphatic heterocycles. The first kappa shape index (κ1) is 15.0. The predicted octanol–water partition coefficient (Wildman–Crippen LogP) is 1.15. The Morgan fingerprint density at radius 1 is 1.28 bits per heavy atom. The number of rotatable bonds is 6. The van der Waals surface area contributed by atoms with Crippen molar-refractivity contribution in [3.05, 3.63) is 29.8 Å². The molecule has 1 aromatic rings. The van der Waals surface area contributed by atoms with Crippen LogP contribution in [0.25, 0.3) is 0 Å². The quantitative estimate of drug-likeness (QED) is 0.821. The molecule has 0 saturated heterocycles. The third-order valence-electron chi connectivity index (χ3n) is 2.42. The highest BCUT2D eigenvalue weighted by atomic mass is 32.2. The molecule has 0 fully saturated rings. The van der Waals surface area contributed by atoms with E-state index in [-0.39, 0.29) is 4.90 Å². The first-order valence-corrected chi connectivity index (χ1v) is 6.90. The number of aliphatic hydroxyl groups excluding tert-OH is 1. The summed E-state index contributed by atoms with van der Waals surface area (Å²) in [7, 11) is -3.86. The van der Waals surface area contributed by atoms with E-state index in [2.05, 4.69) is 0 Å². The van der Waals surface area contributed by atoms with Crippen molar-refractivity contribution in [1.82, 2.24) is 4.72 Å². The van der Waals surface area contributed by atoms with Gasteiger partial charge in [-0.05, 0) is 24.1 Å². The molecular weight excluding hydrogens is 264 g/mol. The third kappa shape index (κ3) is 4.01. The lowest BCUT2D eigenvalue weighted by Crippen LogP contribution is -2.35. The summed E-state index contributed by atoms with van der Waals surface area (Å²) in [4.78, 5) is -0.0128. The van der Waals surface area contributed by atoms with Gasteiger partial charge in [-0.1, -0.05) is 19.1 Å². The molecule has 0 spiro atoms. The fourth-order valence-corrected chi connectivity index (χ4v) is 2.32. The highest BCUT2D eigenvalue weighted by Gasteiger charge is 2.21. The number of hydrogen-bond acceptors (Lipinski definition) is 3. The van der Waals surface area contributed by atoms with Gasteiger partial charge in [-0.25, -0.2) is 21.9 Å². The average Bonchev–Trinajstić information content (AvgIpc) is 2.36. The van der Waals surface area contributed by atoms with Gasteiger partial charge in [0.15, 0.2) is 0 Å². The Morgan fingerprint density at radius 3 is 2.28 bits per heavy atom. The van der Waals surface area contributed by atoms with Crippen LogP contribution in [-0.4, -0.2) is 32.6 Å². The van der Waals surface area contributed by atoms with Crippen LogP contribution in [0.1, 0.15) is 12.5 Å². The number of halogens is 2. The van der Waals surface area contributed by atoms with Gasteiger partial charge in [-0.15, -0.1) is 0 Å². The fourth-order valence-electron chi connectivity index (χ4n) is 1.27. The number of sulfonamides is 1. The SMILES string of the molecule is CCc1ccc(S(=O)(=O)NCC(O)C(F)F)cc1. The van der Waals surface area contributed by atoms with Crippen LogP contribution in [0.15, 0.2) is 29.2 Å². The van der Waals surface area contributed by atoms with Crippen molar-refractivity contribution in [2.45, 2.75) is 30.8 Å². The molecule has 0 aromatic heterocycles. The van der Waals surface area contributed by atoms with E-state index in [1.165, 1.54) is 12.1 Å². The second kappa shape index (κ2) is 6.21. The third-order valence-corrected chi connectivity index (χ3v) is 3.85. The van der Waals surface area contributed by atoms with E-state index in [9.17, 15) is 17.2 Å². The van der Waals surface area contributed by atoms with Gasteiger partial charge in [0.25, 0.3) is 6.43 Å². The van der Waals surface area contributed by atoms with Gasteiger partial charge in [0.1, 0.15) is 6.10 Å². The highest BCUT2D eigenvalue weighted by Crippen LogP contribution is 2.11. The Kier molecular flexibility index (Phi) is 5.18. The van der Waals surface area contributed by atoms with Crippen molar-refractivity contribution in [3.8, 4) is 0 Å². The largest absolute Gasteiger partial charge is 0.386 e. The van der Waals surface area contributed by atoms with E-state index in [4.69, 9.17) is 5.11 Å². The maximum atomic E-state index is 12.0. The van der Waals surface area contributed by atoms with Crippen molar-refractivity contribution in [2.24, 2.45) is 0 Å². The standard InChI is InChI=1S/C11H15F2NO3S/c1-2-8-3-5-9(6-4-8)18(16,17)14-7-10(15)11(12)13/h3-6,10-11,14-15H,2,7H2,1H3. The molecule has 1 aromatic carbocycles. The molecule has 0 aliphatic rings. The van der Waals surface area contributed by atoms with Crippen LogP contribution in [0.2, 0.25) is 0 Å². The number of aliphatic hydroxyl groups is 1. The highest BCUT2D eigenvalue weighted by molar-refractivity contribution is 7.89. The number of nitrogens with one attached hydrogen (secondary N) is 1. The van der Waals surface area contributed by atoms with E-state index < -0.39 is 29.1 Å². The van der Waals surface area contributed by atoms with Gasteiger partial charge < -0.3 is 5.11 Å². The van der Waals surface area contributed by atoms with Gasteiger partial charge in [0.2, 0.25) is 10.0 Å². The fraction of sp³-hybridized carbons (Fsp3) is 0.455. The van der Waals surface area contributed by atoms with E-state index in [0.29, 0.717) is 0 Å². The van der Waals surface area contributed by atoms with Crippen molar-refractivity contribution in [3.63, 3.8) is 0 Å². The molecule has 0 heterocycles. The molecule has 0 bridgehead atoms. The summed E-state index contributed by atoms with van der Waals surface area (Å²) >= 11 is 0. The van der Waals surface area contributed by atoms with Crippen molar-refractivity contribution >= 4 is 10.0 Å². The van der Waals surface area contributed by atoms with Crippen LogP contribution in [0.4, 0.5) is 8.78 Å². The molecular formula is C11H15F2NO3S. The number of benzene rings is 1. The molecule has 1 unspecified atom stereocenters. The molecule has 0 aliphatic carbocycles. The van der Waals surface area contributed by atoms with Gasteiger partial charge >= 0.3 is 0 Å². The average molecular weight is 279 g/mol. The van der Waals surface area contributed by atoms with Crippen LogP contribution >= 0.6 is 0 Å². The second-order valence-electron chi connectivity index (χ2n) is 3.75. The molecule has 1 atom stereocenters. The van der Waals surface area contributed by atoms with Gasteiger partial charge in [0.05, 0.1) is 4.90 Å².